The van der Waals surface area contributed by atoms with Gasteiger partial charge in [-0.2, -0.15) is 0 Å². The number of rotatable bonds is 6. The minimum atomic E-state index is -0.375. The molecule has 0 spiro atoms. The van der Waals surface area contributed by atoms with E-state index < -0.39 is 0 Å². The zero-order valence-electron chi connectivity index (χ0n) is 11.6. The Kier molecular flexibility index (Phi) is 5.66. The van der Waals surface area contributed by atoms with Crippen molar-refractivity contribution in [2.75, 3.05) is 13.7 Å². The van der Waals surface area contributed by atoms with Gasteiger partial charge in [0.2, 0.25) is 5.91 Å². The molecular weight excluding hydrogens is 289 g/mol. The van der Waals surface area contributed by atoms with Gasteiger partial charge in [-0.15, -0.1) is 11.3 Å². The van der Waals surface area contributed by atoms with Crippen molar-refractivity contribution in [2.45, 2.75) is 6.10 Å². The highest BCUT2D eigenvalue weighted by Crippen LogP contribution is 2.16. The topological polar surface area (TPSA) is 38.3 Å². The van der Waals surface area contributed by atoms with E-state index in [0.717, 1.165) is 4.88 Å². The summed E-state index contributed by atoms with van der Waals surface area (Å²) in [6.45, 7) is 0.285. The number of amides is 1. The van der Waals surface area contributed by atoms with Crippen molar-refractivity contribution < 1.29 is 13.9 Å². The van der Waals surface area contributed by atoms with Crippen LogP contribution in [0.15, 0.2) is 47.9 Å². The molecule has 2 rings (SSSR count). The third kappa shape index (κ3) is 4.81. The molecule has 1 heterocycles. The SMILES string of the molecule is CO[C@H](CNC(=O)/C=C/c1cccs1)c1cccc(F)c1. The number of methoxy groups -OCH3 is 1. The number of hydrogen-bond donors (Lipinski definition) is 1. The molecule has 1 aromatic carbocycles. The molecule has 1 amide bonds. The van der Waals surface area contributed by atoms with Crippen LogP contribution in [0.2, 0.25) is 0 Å². The molecule has 1 atom stereocenters. The largest absolute Gasteiger partial charge is 0.375 e. The van der Waals surface area contributed by atoms with Crippen molar-refractivity contribution >= 4 is 23.3 Å². The first-order chi connectivity index (χ1) is 10.2. The minimum absolute atomic E-state index is 0.207. The molecule has 0 fully saturated rings. The van der Waals surface area contributed by atoms with Crippen LogP contribution in [0.25, 0.3) is 6.08 Å². The quantitative estimate of drug-likeness (QED) is 0.831. The van der Waals surface area contributed by atoms with Crippen LogP contribution in [0.1, 0.15) is 16.5 Å². The molecule has 3 nitrogen and oxygen atoms in total. The molecule has 0 aliphatic rings. The molecule has 1 aromatic heterocycles. The Balaban J connectivity index is 1.89. The lowest BCUT2D eigenvalue weighted by Gasteiger charge is -2.16. The van der Waals surface area contributed by atoms with Gasteiger partial charge < -0.3 is 10.1 Å². The minimum Gasteiger partial charge on any atom is -0.375 e. The molecule has 0 aliphatic carbocycles. The summed E-state index contributed by atoms with van der Waals surface area (Å²) in [5, 5.41) is 4.69. The number of benzene rings is 1. The summed E-state index contributed by atoms with van der Waals surface area (Å²) in [5.41, 5.74) is 0.694. The van der Waals surface area contributed by atoms with Gasteiger partial charge in [-0.1, -0.05) is 18.2 Å². The molecule has 2 aromatic rings. The van der Waals surface area contributed by atoms with E-state index in [0.29, 0.717) is 5.56 Å². The third-order valence-corrected chi connectivity index (χ3v) is 3.75. The summed E-state index contributed by atoms with van der Waals surface area (Å²) in [5.74, 6) is -0.527. The molecule has 0 radical (unpaired) electrons. The van der Waals surface area contributed by atoms with E-state index in [1.54, 1.807) is 29.5 Å². The maximum Gasteiger partial charge on any atom is 0.244 e. The van der Waals surface area contributed by atoms with Crippen LogP contribution in [0.3, 0.4) is 0 Å². The van der Waals surface area contributed by atoms with Crippen LogP contribution in [0.4, 0.5) is 4.39 Å². The normalized spacial score (nSPS) is 12.5. The maximum absolute atomic E-state index is 13.2. The second-order valence-corrected chi connectivity index (χ2v) is 5.35. The van der Waals surface area contributed by atoms with Crippen molar-refractivity contribution in [3.63, 3.8) is 0 Å². The molecule has 0 saturated heterocycles. The lowest BCUT2D eigenvalue weighted by Crippen LogP contribution is -2.27. The Bertz CT molecular complexity index is 610. The zero-order valence-corrected chi connectivity index (χ0v) is 12.4. The molecule has 1 N–H and O–H groups in total. The van der Waals surface area contributed by atoms with Crippen LogP contribution < -0.4 is 5.32 Å². The van der Waals surface area contributed by atoms with Crippen molar-refractivity contribution in [3.8, 4) is 0 Å². The van der Waals surface area contributed by atoms with Crippen LogP contribution in [-0.2, 0) is 9.53 Å². The number of hydrogen-bond acceptors (Lipinski definition) is 3. The van der Waals surface area contributed by atoms with Gasteiger partial charge in [0, 0.05) is 24.6 Å². The monoisotopic (exact) mass is 305 g/mol. The van der Waals surface area contributed by atoms with E-state index in [1.807, 2.05) is 17.5 Å². The predicted molar refractivity (Wildman–Crippen MR) is 82.5 cm³/mol. The van der Waals surface area contributed by atoms with E-state index in [4.69, 9.17) is 4.74 Å². The van der Waals surface area contributed by atoms with E-state index in [-0.39, 0.29) is 24.4 Å². The van der Waals surface area contributed by atoms with Gasteiger partial charge in [0.05, 0.1) is 6.10 Å². The summed E-state index contributed by atoms with van der Waals surface area (Å²) >= 11 is 1.56. The van der Waals surface area contributed by atoms with Crippen molar-refractivity contribution in [1.82, 2.24) is 5.32 Å². The summed E-state index contributed by atoms with van der Waals surface area (Å²) in [6.07, 6.45) is 2.86. The van der Waals surface area contributed by atoms with E-state index in [9.17, 15) is 9.18 Å². The van der Waals surface area contributed by atoms with Crippen LogP contribution in [0.5, 0.6) is 0 Å². The number of carbonyl (C=O) groups is 1. The Morgan fingerprint density at radius 1 is 1.43 bits per heavy atom. The number of ether oxygens (including phenoxy) is 1. The van der Waals surface area contributed by atoms with Crippen molar-refractivity contribution in [2.24, 2.45) is 0 Å². The number of carbonyl (C=O) groups excluding carboxylic acids is 1. The van der Waals surface area contributed by atoms with E-state index in [2.05, 4.69) is 5.32 Å². The Labute approximate surface area is 127 Å². The molecule has 110 valence electrons. The number of nitrogens with one attached hydrogen (secondary N) is 1. The van der Waals surface area contributed by atoms with Crippen molar-refractivity contribution in [3.05, 3.63) is 64.1 Å². The van der Waals surface area contributed by atoms with E-state index >= 15 is 0 Å². The van der Waals surface area contributed by atoms with Gasteiger partial charge in [-0.3, -0.25) is 4.79 Å². The summed E-state index contributed by atoms with van der Waals surface area (Å²) in [4.78, 5) is 12.7. The first-order valence-corrected chi connectivity index (χ1v) is 7.34. The fourth-order valence-electron chi connectivity index (χ4n) is 1.84. The second kappa shape index (κ2) is 7.71. The summed E-state index contributed by atoms with van der Waals surface area (Å²) in [6, 6.07) is 10.0. The van der Waals surface area contributed by atoms with Gasteiger partial charge in [-0.05, 0) is 35.2 Å². The summed E-state index contributed by atoms with van der Waals surface area (Å²) < 4.78 is 18.5. The Hall–Kier alpha value is -1.98. The Morgan fingerprint density at radius 2 is 2.29 bits per heavy atom. The molecule has 5 heteroatoms. The zero-order chi connectivity index (χ0) is 15.1. The molecule has 0 bridgehead atoms. The van der Waals surface area contributed by atoms with Gasteiger partial charge in [0.1, 0.15) is 5.82 Å². The van der Waals surface area contributed by atoms with Crippen molar-refractivity contribution in [1.29, 1.82) is 0 Å². The first kappa shape index (κ1) is 15.4. The molecule has 0 aliphatic heterocycles. The average molecular weight is 305 g/mol. The van der Waals surface area contributed by atoms with Gasteiger partial charge in [0.25, 0.3) is 0 Å². The maximum atomic E-state index is 13.2. The lowest BCUT2D eigenvalue weighted by atomic mass is 10.1. The molecule has 0 unspecified atom stereocenters. The molecular formula is C16H16FNO2S. The first-order valence-electron chi connectivity index (χ1n) is 6.46. The predicted octanol–water partition coefficient (Wildman–Crippen LogP) is 3.40. The van der Waals surface area contributed by atoms with Gasteiger partial charge in [0.15, 0.2) is 0 Å². The summed E-state index contributed by atoms with van der Waals surface area (Å²) in [7, 11) is 1.53. The second-order valence-electron chi connectivity index (χ2n) is 4.37. The van der Waals surface area contributed by atoms with Crippen LogP contribution >= 0.6 is 11.3 Å². The van der Waals surface area contributed by atoms with Crippen LogP contribution in [-0.4, -0.2) is 19.6 Å². The van der Waals surface area contributed by atoms with Crippen LogP contribution in [0, 0.1) is 5.82 Å². The molecule has 0 saturated carbocycles. The number of thiophene rings is 1. The highest BCUT2D eigenvalue weighted by Gasteiger charge is 2.11. The highest BCUT2D eigenvalue weighted by molar-refractivity contribution is 7.10. The third-order valence-electron chi connectivity index (χ3n) is 2.91. The highest BCUT2D eigenvalue weighted by atomic mass is 32.1. The van der Waals surface area contributed by atoms with E-state index in [1.165, 1.54) is 25.3 Å². The fraction of sp³-hybridized carbons (Fsp3) is 0.188. The Morgan fingerprint density at radius 3 is 2.95 bits per heavy atom. The smallest absolute Gasteiger partial charge is 0.244 e. The number of halogens is 1. The average Bonchev–Trinajstić information content (AvgIpc) is 2.99. The standard InChI is InChI=1S/C16H16FNO2S/c1-20-15(12-4-2-5-13(17)10-12)11-18-16(19)8-7-14-6-3-9-21-14/h2-10,15H,11H2,1H3,(H,18,19)/b8-7+/t15-/m1/s1. The van der Waals surface area contributed by atoms with Gasteiger partial charge in [-0.25, -0.2) is 4.39 Å². The fourth-order valence-corrected chi connectivity index (χ4v) is 2.46. The lowest BCUT2D eigenvalue weighted by molar-refractivity contribution is -0.117. The van der Waals surface area contributed by atoms with Gasteiger partial charge >= 0.3 is 0 Å². The molecule has 21 heavy (non-hydrogen) atoms.